The molecule has 0 radical (unpaired) electrons. The van der Waals surface area contributed by atoms with Gasteiger partial charge in [0.2, 0.25) is 5.91 Å². The van der Waals surface area contributed by atoms with E-state index in [2.05, 4.69) is 34.9 Å². The maximum absolute atomic E-state index is 12.7. The Balaban J connectivity index is 1.44. The second kappa shape index (κ2) is 9.63. The lowest BCUT2D eigenvalue weighted by atomic mass is 10.0. The number of carbonyl (C=O) groups is 2. The molecular weight excluding hydrogens is 392 g/mol. The maximum atomic E-state index is 12.7. The van der Waals surface area contributed by atoms with Gasteiger partial charge in [-0.2, -0.15) is 0 Å². The van der Waals surface area contributed by atoms with E-state index >= 15 is 0 Å². The van der Waals surface area contributed by atoms with Gasteiger partial charge < -0.3 is 10.6 Å². The standard InChI is InChI=1S/C25H24N2O2S/c28-23(27-22-14-8-7-13-21(22)25(29)26-20-15-16-20)17-30-24(18-9-3-1-4-10-18)19-11-5-2-6-12-19/h1-14,20,24H,15-17H2,(H,26,29)(H,27,28). The lowest BCUT2D eigenvalue weighted by Gasteiger charge is -2.18. The van der Waals surface area contributed by atoms with Gasteiger partial charge >= 0.3 is 0 Å². The van der Waals surface area contributed by atoms with E-state index in [4.69, 9.17) is 0 Å². The minimum Gasteiger partial charge on any atom is -0.349 e. The summed E-state index contributed by atoms with van der Waals surface area (Å²) in [5.41, 5.74) is 3.37. The number of hydrogen-bond acceptors (Lipinski definition) is 3. The molecule has 0 unspecified atom stereocenters. The second-order valence-electron chi connectivity index (χ2n) is 7.35. The van der Waals surface area contributed by atoms with Crippen LogP contribution in [0.25, 0.3) is 0 Å². The van der Waals surface area contributed by atoms with E-state index in [1.807, 2.05) is 48.5 Å². The summed E-state index contributed by atoms with van der Waals surface area (Å²) >= 11 is 1.58. The minimum atomic E-state index is -0.132. The highest BCUT2D eigenvalue weighted by Crippen LogP contribution is 2.35. The summed E-state index contributed by atoms with van der Waals surface area (Å²) in [5, 5.41) is 5.97. The molecule has 0 bridgehead atoms. The summed E-state index contributed by atoms with van der Waals surface area (Å²) in [7, 11) is 0. The number of para-hydroxylation sites is 1. The fraction of sp³-hybridized carbons (Fsp3) is 0.200. The fourth-order valence-electron chi connectivity index (χ4n) is 3.27. The van der Waals surface area contributed by atoms with Crippen LogP contribution in [-0.4, -0.2) is 23.6 Å². The van der Waals surface area contributed by atoms with Crippen molar-refractivity contribution < 1.29 is 9.59 Å². The van der Waals surface area contributed by atoms with Gasteiger partial charge in [-0.1, -0.05) is 72.8 Å². The van der Waals surface area contributed by atoms with E-state index in [0.29, 0.717) is 11.3 Å². The molecule has 0 spiro atoms. The minimum absolute atomic E-state index is 0.0616. The lowest BCUT2D eigenvalue weighted by Crippen LogP contribution is -2.27. The number of benzene rings is 3. The first kappa shape index (κ1) is 20.2. The third-order valence-electron chi connectivity index (χ3n) is 4.94. The Kier molecular flexibility index (Phi) is 6.50. The van der Waals surface area contributed by atoms with Crippen LogP contribution in [0.2, 0.25) is 0 Å². The molecular formula is C25H24N2O2S. The summed E-state index contributed by atoms with van der Waals surface area (Å²) in [6.07, 6.45) is 2.05. The van der Waals surface area contributed by atoms with E-state index in [1.54, 1.807) is 23.9 Å². The average molecular weight is 417 g/mol. The Hall–Kier alpha value is -3.05. The van der Waals surface area contributed by atoms with E-state index in [0.717, 1.165) is 24.0 Å². The van der Waals surface area contributed by atoms with Crippen LogP contribution in [0.3, 0.4) is 0 Å². The summed E-state index contributed by atoms with van der Waals surface area (Å²) in [5.74, 6) is 0.0311. The maximum Gasteiger partial charge on any atom is 0.253 e. The predicted molar refractivity (Wildman–Crippen MR) is 123 cm³/mol. The first-order valence-electron chi connectivity index (χ1n) is 10.1. The fourth-order valence-corrected chi connectivity index (χ4v) is 4.36. The second-order valence-corrected chi connectivity index (χ2v) is 8.45. The zero-order valence-electron chi connectivity index (χ0n) is 16.6. The molecule has 1 aliphatic carbocycles. The normalized spacial score (nSPS) is 13.1. The third kappa shape index (κ3) is 5.30. The van der Waals surface area contributed by atoms with Crippen molar-refractivity contribution >= 4 is 29.3 Å². The van der Waals surface area contributed by atoms with Crippen molar-refractivity contribution in [3.8, 4) is 0 Å². The number of amides is 2. The molecule has 1 aliphatic rings. The van der Waals surface area contributed by atoms with Crippen LogP contribution < -0.4 is 10.6 Å². The van der Waals surface area contributed by atoms with Crippen LogP contribution >= 0.6 is 11.8 Å². The van der Waals surface area contributed by atoms with Crippen LogP contribution in [0, 0.1) is 0 Å². The molecule has 4 rings (SSSR count). The Morgan fingerprint density at radius 3 is 2.00 bits per heavy atom. The Morgan fingerprint density at radius 2 is 1.40 bits per heavy atom. The van der Waals surface area contributed by atoms with Crippen LogP contribution in [0.1, 0.15) is 39.6 Å². The molecule has 0 saturated heterocycles. The number of anilines is 1. The molecule has 5 heteroatoms. The van der Waals surface area contributed by atoms with Gasteiger partial charge in [-0.25, -0.2) is 0 Å². The van der Waals surface area contributed by atoms with Crippen LogP contribution in [0.15, 0.2) is 84.9 Å². The summed E-state index contributed by atoms with van der Waals surface area (Å²) in [6.45, 7) is 0. The van der Waals surface area contributed by atoms with Gasteiger partial charge in [0.05, 0.1) is 22.3 Å². The molecule has 2 N–H and O–H groups in total. The molecule has 152 valence electrons. The zero-order chi connectivity index (χ0) is 20.8. The van der Waals surface area contributed by atoms with Crippen molar-refractivity contribution in [2.75, 3.05) is 11.1 Å². The van der Waals surface area contributed by atoms with Crippen LogP contribution in [0.5, 0.6) is 0 Å². The topological polar surface area (TPSA) is 58.2 Å². The van der Waals surface area contributed by atoms with Gasteiger partial charge in [-0.3, -0.25) is 9.59 Å². The SMILES string of the molecule is O=C(CSC(c1ccccc1)c1ccccc1)Nc1ccccc1C(=O)NC1CC1. The smallest absolute Gasteiger partial charge is 0.253 e. The van der Waals surface area contributed by atoms with E-state index in [9.17, 15) is 9.59 Å². The Bertz CT molecular complexity index is 964. The van der Waals surface area contributed by atoms with Crippen molar-refractivity contribution in [2.45, 2.75) is 24.1 Å². The third-order valence-corrected chi connectivity index (χ3v) is 6.25. The van der Waals surface area contributed by atoms with E-state index in [-0.39, 0.29) is 28.9 Å². The first-order chi connectivity index (χ1) is 14.7. The van der Waals surface area contributed by atoms with Gasteiger partial charge in [0.15, 0.2) is 0 Å². The molecule has 0 aromatic heterocycles. The Labute approximate surface area is 181 Å². The monoisotopic (exact) mass is 416 g/mol. The molecule has 1 fully saturated rings. The van der Waals surface area contributed by atoms with E-state index < -0.39 is 0 Å². The van der Waals surface area contributed by atoms with Gasteiger partial charge in [0.1, 0.15) is 0 Å². The molecule has 3 aromatic rings. The predicted octanol–water partition coefficient (Wildman–Crippen LogP) is 5.04. The molecule has 4 nitrogen and oxygen atoms in total. The number of hydrogen-bond donors (Lipinski definition) is 2. The van der Waals surface area contributed by atoms with E-state index in [1.165, 1.54) is 0 Å². The quantitative estimate of drug-likeness (QED) is 0.541. The molecule has 1 saturated carbocycles. The highest BCUT2D eigenvalue weighted by atomic mass is 32.2. The van der Waals surface area contributed by atoms with Crippen LogP contribution in [-0.2, 0) is 4.79 Å². The number of carbonyl (C=O) groups excluding carboxylic acids is 2. The first-order valence-corrected chi connectivity index (χ1v) is 11.2. The summed E-state index contributed by atoms with van der Waals surface area (Å²) in [4.78, 5) is 25.2. The van der Waals surface area contributed by atoms with Crippen LogP contribution in [0.4, 0.5) is 5.69 Å². The van der Waals surface area contributed by atoms with Crippen molar-refractivity contribution in [3.05, 3.63) is 102 Å². The molecule has 3 aromatic carbocycles. The number of thioether (sulfide) groups is 1. The van der Waals surface area contributed by atoms with Gasteiger partial charge in [0.25, 0.3) is 5.91 Å². The van der Waals surface area contributed by atoms with Gasteiger partial charge in [0, 0.05) is 6.04 Å². The zero-order valence-corrected chi connectivity index (χ0v) is 17.4. The summed E-state index contributed by atoms with van der Waals surface area (Å²) < 4.78 is 0. The number of rotatable bonds is 8. The van der Waals surface area contributed by atoms with Gasteiger partial charge in [-0.15, -0.1) is 11.8 Å². The lowest BCUT2D eigenvalue weighted by molar-refractivity contribution is -0.113. The molecule has 0 aliphatic heterocycles. The summed E-state index contributed by atoms with van der Waals surface area (Å²) in [6, 6.07) is 27.8. The van der Waals surface area contributed by atoms with Crippen molar-refractivity contribution in [2.24, 2.45) is 0 Å². The highest BCUT2D eigenvalue weighted by Gasteiger charge is 2.25. The highest BCUT2D eigenvalue weighted by molar-refractivity contribution is 8.00. The average Bonchev–Trinajstić information content (AvgIpc) is 3.60. The largest absolute Gasteiger partial charge is 0.349 e. The van der Waals surface area contributed by atoms with Crippen molar-refractivity contribution in [3.63, 3.8) is 0 Å². The van der Waals surface area contributed by atoms with Crippen molar-refractivity contribution in [1.29, 1.82) is 0 Å². The number of nitrogens with one attached hydrogen (secondary N) is 2. The molecule has 0 atom stereocenters. The molecule has 30 heavy (non-hydrogen) atoms. The molecule has 0 heterocycles. The van der Waals surface area contributed by atoms with Crippen molar-refractivity contribution in [1.82, 2.24) is 5.32 Å². The van der Waals surface area contributed by atoms with Gasteiger partial charge in [-0.05, 0) is 36.1 Å². The Morgan fingerprint density at radius 1 is 0.833 bits per heavy atom. The molecule has 2 amide bonds.